The first kappa shape index (κ1) is 16.2. The molecule has 0 aliphatic heterocycles. The second kappa shape index (κ2) is 6.72. The third-order valence-corrected chi connectivity index (χ3v) is 2.71. The molecule has 0 atom stereocenters. The molecule has 2 rings (SSSR count). The summed E-state index contributed by atoms with van der Waals surface area (Å²) in [4.78, 5) is 0. The van der Waals surface area contributed by atoms with Crippen LogP contribution in [-0.4, -0.2) is 23.5 Å². The van der Waals surface area contributed by atoms with Crippen molar-refractivity contribution in [3.8, 4) is 11.5 Å². The fourth-order valence-electron chi connectivity index (χ4n) is 1.75. The fourth-order valence-corrected chi connectivity index (χ4v) is 1.75. The molecule has 0 radical (unpaired) electrons. The first-order valence-electron chi connectivity index (χ1n) is 6.27. The standard InChI is InChI=1S/C14H12BF3O4/c16-14(17,18)22-13-6-4-12(5-7-13)21-9-10-2-1-3-11(8-10)15(19)20/h1-8,19-20H,9H2. The minimum Gasteiger partial charge on any atom is -0.489 e. The zero-order valence-corrected chi connectivity index (χ0v) is 11.2. The Labute approximate surface area is 124 Å². The number of halogens is 3. The number of benzene rings is 2. The molecule has 2 aromatic rings. The summed E-state index contributed by atoms with van der Waals surface area (Å²) >= 11 is 0. The molecule has 0 bridgehead atoms. The van der Waals surface area contributed by atoms with Crippen molar-refractivity contribution in [2.75, 3.05) is 0 Å². The molecule has 0 aliphatic rings. The van der Waals surface area contributed by atoms with Crippen LogP contribution in [0.3, 0.4) is 0 Å². The maximum Gasteiger partial charge on any atom is 0.573 e. The van der Waals surface area contributed by atoms with E-state index in [0.717, 1.165) is 12.1 Å². The highest BCUT2D eigenvalue weighted by atomic mass is 19.4. The van der Waals surface area contributed by atoms with Gasteiger partial charge in [0, 0.05) is 0 Å². The number of rotatable bonds is 5. The summed E-state index contributed by atoms with van der Waals surface area (Å²) in [6.45, 7) is 0.139. The molecule has 0 aromatic heterocycles. The molecule has 4 nitrogen and oxygen atoms in total. The van der Waals surface area contributed by atoms with Crippen molar-refractivity contribution >= 4 is 12.6 Å². The molecular weight excluding hydrogens is 300 g/mol. The molecule has 0 fully saturated rings. The van der Waals surface area contributed by atoms with Gasteiger partial charge in [-0.2, -0.15) is 0 Å². The van der Waals surface area contributed by atoms with Gasteiger partial charge < -0.3 is 19.5 Å². The zero-order valence-electron chi connectivity index (χ0n) is 11.2. The van der Waals surface area contributed by atoms with Crippen molar-refractivity contribution in [1.82, 2.24) is 0 Å². The Morgan fingerprint density at radius 3 is 2.18 bits per heavy atom. The third-order valence-electron chi connectivity index (χ3n) is 2.71. The van der Waals surface area contributed by atoms with Crippen LogP contribution in [-0.2, 0) is 6.61 Å². The first-order chi connectivity index (χ1) is 10.3. The molecule has 2 N–H and O–H groups in total. The van der Waals surface area contributed by atoms with Crippen LogP contribution in [0.15, 0.2) is 48.5 Å². The van der Waals surface area contributed by atoms with Crippen LogP contribution in [0.1, 0.15) is 5.56 Å². The number of hydrogen-bond acceptors (Lipinski definition) is 4. The molecule has 0 amide bonds. The molecule has 0 aliphatic carbocycles. The number of ether oxygens (including phenoxy) is 2. The van der Waals surface area contributed by atoms with Crippen LogP contribution in [0.5, 0.6) is 11.5 Å². The molecule has 2 aromatic carbocycles. The summed E-state index contributed by atoms with van der Waals surface area (Å²) in [6.07, 6.45) is -4.73. The minimum absolute atomic E-state index is 0.139. The van der Waals surface area contributed by atoms with Gasteiger partial charge in [-0.1, -0.05) is 24.3 Å². The Balaban J connectivity index is 1.96. The fraction of sp³-hybridized carbons (Fsp3) is 0.143. The summed E-state index contributed by atoms with van der Waals surface area (Å²) < 4.78 is 45.2. The maximum atomic E-state index is 12.0. The Morgan fingerprint density at radius 2 is 1.59 bits per heavy atom. The Bertz CT molecular complexity index is 614. The highest BCUT2D eigenvalue weighted by Crippen LogP contribution is 2.24. The summed E-state index contributed by atoms with van der Waals surface area (Å²) in [5.74, 6) is 0.0368. The molecule has 8 heteroatoms. The van der Waals surface area contributed by atoms with Crippen molar-refractivity contribution < 1.29 is 32.7 Å². The summed E-state index contributed by atoms with van der Waals surface area (Å²) in [6, 6.07) is 11.5. The van der Waals surface area contributed by atoms with E-state index in [9.17, 15) is 13.2 Å². The lowest BCUT2D eigenvalue weighted by Crippen LogP contribution is -2.29. The number of alkyl halides is 3. The molecular formula is C14H12BF3O4. The van der Waals surface area contributed by atoms with Crippen molar-refractivity contribution in [3.05, 3.63) is 54.1 Å². The van der Waals surface area contributed by atoms with E-state index in [2.05, 4.69) is 4.74 Å². The van der Waals surface area contributed by atoms with E-state index in [4.69, 9.17) is 14.8 Å². The topological polar surface area (TPSA) is 58.9 Å². The molecule has 116 valence electrons. The Kier molecular flexibility index (Phi) is 4.94. The van der Waals surface area contributed by atoms with Crippen LogP contribution in [0.4, 0.5) is 13.2 Å². The average Bonchev–Trinajstić information content (AvgIpc) is 2.45. The lowest BCUT2D eigenvalue weighted by molar-refractivity contribution is -0.274. The SMILES string of the molecule is OB(O)c1cccc(COc2ccc(OC(F)(F)F)cc2)c1. The van der Waals surface area contributed by atoms with E-state index in [1.54, 1.807) is 24.3 Å². The van der Waals surface area contributed by atoms with E-state index in [0.29, 0.717) is 16.8 Å². The van der Waals surface area contributed by atoms with Crippen LogP contribution in [0.2, 0.25) is 0 Å². The first-order valence-corrected chi connectivity index (χ1v) is 6.27. The quantitative estimate of drug-likeness (QED) is 0.827. The normalized spacial score (nSPS) is 11.1. The number of hydrogen-bond donors (Lipinski definition) is 2. The van der Waals surface area contributed by atoms with Gasteiger partial charge >= 0.3 is 13.5 Å². The predicted molar refractivity (Wildman–Crippen MR) is 73.7 cm³/mol. The minimum atomic E-state index is -4.73. The van der Waals surface area contributed by atoms with E-state index in [1.165, 1.54) is 12.1 Å². The van der Waals surface area contributed by atoms with E-state index in [-0.39, 0.29) is 12.4 Å². The van der Waals surface area contributed by atoms with Crippen molar-refractivity contribution in [2.45, 2.75) is 13.0 Å². The molecule has 0 saturated carbocycles. The van der Waals surface area contributed by atoms with Crippen LogP contribution in [0.25, 0.3) is 0 Å². The van der Waals surface area contributed by atoms with Gasteiger partial charge in [-0.15, -0.1) is 13.2 Å². The van der Waals surface area contributed by atoms with Crippen LogP contribution >= 0.6 is 0 Å². The van der Waals surface area contributed by atoms with Gasteiger partial charge in [0.2, 0.25) is 0 Å². The third kappa shape index (κ3) is 4.98. The lowest BCUT2D eigenvalue weighted by atomic mass is 9.80. The Hall–Kier alpha value is -2.19. The molecule has 0 saturated heterocycles. The molecule has 0 unspecified atom stereocenters. The Morgan fingerprint density at radius 1 is 0.955 bits per heavy atom. The van der Waals surface area contributed by atoms with Gasteiger partial charge in [-0.3, -0.25) is 0 Å². The highest BCUT2D eigenvalue weighted by Gasteiger charge is 2.30. The largest absolute Gasteiger partial charge is 0.573 e. The van der Waals surface area contributed by atoms with Gasteiger partial charge in [0.15, 0.2) is 0 Å². The molecule has 0 spiro atoms. The highest BCUT2D eigenvalue weighted by molar-refractivity contribution is 6.58. The van der Waals surface area contributed by atoms with Gasteiger partial charge in [-0.25, -0.2) is 0 Å². The monoisotopic (exact) mass is 312 g/mol. The maximum absolute atomic E-state index is 12.0. The average molecular weight is 312 g/mol. The van der Waals surface area contributed by atoms with Crippen molar-refractivity contribution in [2.24, 2.45) is 0 Å². The summed E-state index contributed by atoms with van der Waals surface area (Å²) in [5, 5.41) is 18.1. The lowest BCUT2D eigenvalue weighted by Gasteiger charge is -2.10. The summed E-state index contributed by atoms with van der Waals surface area (Å²) in [5.41, 5.74) is 1.02. The second-order valence-electron chi connectivity index (χ2n) is 4.43. The molecule has 0 heterocycles. The van der Waals surface area contributed by atoms with Gasteiger partial charge in [0.1, 0.15) is 18.1 Å². The second-order valence-corrected chi connectivity index (χ2v) is 4.43. The smallest absolute Gasteiger partial charge is 0.489 e. The zero-order chi connectivity index (χ0) is 16.2. The van der Waals surface area contributed by atoms with E-state index in [1.807, 2.05) is 0 Å². The van der Waals surface area contributed by atoms with E-state index < -0.39 is 13.5 Å². The van der Waals surface area contributed by atoms with Crippen LogP contribution < -0.4 is 14.9 Å². The predicted octanol–water partition coefficient (Wildman–Crippen LogP) is 1.84. The van der Waals surface area contributed by atoms with Gasteiger partial charge in [0.25, 0.3) is 0 Å². The van der Waals surface area contributed by atoms with Crippen LogP contribution in [0, 0.1) is 0 Å². The molecule has 22 heavy (non-hydrogen) atoms. The van der Waals surface area contributed by atoms with Gasteiger partial charge in [0.05, 0.1) is 0 Å². The van der Waals surface area contributed by atoms with Crippen molar-refractivity contribution in [3.63, 3.8) is 0 Å². The van der Waals surface area contributed by atoms with Crippen molar-refractivity contribution in [1.29, 1.82) is 0 Å². The summed E-state index contributed by atoms with van der Waals surface area (Å²) in [7, 11) is -1.57. The van der Waals surface area contributed by atoms with Gasteiger partial charge in [-0.05, 0) is 35.3 Å². The van der Waals surface area contributed by atoms with E-state index >= 15 is 0 Å².